The van der Waals surface area contributed by atoms with Crippen molar-refractivity contribution in [1.82, 2.24) is 20.1 Å². The standard InChI is InChI=1S/C19H24N4O3/c1-2-26-15-8-6-7-14(13-15)18-20-19(25)16(21-22-18)9-10-17(24)23-11-4-3-5-12-23/h6-8,13H,2-5,9-12H2,1H3,(H,20,22,25). The molecule has 2 heterocycles. The van der Waals surface area contributed by atoms with Gasteiger partial charge < -0.3 is 14.6 Å². The topological polar surface area (TPSA) is 88.2 Å². The van der Waals surface area contributed by atoms with E-state index in [-0.39, 0.29) is 17.9 Å². The first kappa shape index (κ1) is 18.1. The van der Waals surface area contributed by atoms with E-state index in [1.165, 1.54) is 6.42 Å². The summed E-state index contributed by atoms with van der Waals surface area (Å²) in [7, 11) is 0. The van der Waals surface area contributed by atoms with Gasteiger partial charge in [-0.05, 0) is 38.3 Å². The lowest BCUT2D eigenvalue weighted by atomic mass is 10.1. The third-order valence-corrected chi connectivity index (χ3v) is 4.47. The van der Waals surface area contributed by atoms with Crippen LogP contribution in [0.1, 0.15) is 38.3 Å². The Morgan fingerprint density at radius 2 is 2.04 bits per heavy atom. The number of carbonyl (C=O) groups excluding carboxylic acids is 1. The van der Waals surface area contributed by atoms with Crippen LogP contribution in [0.4, 0.5) is 0 Å². The van der Waals surface area contributed by atoms with Gasteiger partial charge in [-0.3, -0.25) is 9.59 Å². The number of hydrogen-bond donors (Lipinski definition) is 1. The molecule has 7 nitrogen and oxygen atoms in total. The van der Waals surface area contributed by atoms with E-state index in [1.54, 1.807) is 0 Å². The van der Waals surface area contributed by atoms with Gasteiger partial charge in [0.1, 0.15) is 11.4 Å². The molecule has 0 bridgehead atoms. The van der Waals surface area contributed by atoms with Crippen LogP contribution in [-0.4, -0.2) is 45.7 Å². The summed E-state index contributed by atoms with van der Waals surface area (Å²) in [6, 6.07) is 7.33. The zero-order chi connectivity index (χ0) is 18.4. The summed E-state index contributed by atoms with van der Waals surface area (Å²) in [5.41, 5.74) is 0.722. The number of amides is 1. The molecule has 1 aromatic heterocycles. The zero-order valence-electron chi connectivity index (χ0n) is 15.0. The molecular formula is C19H24N4O3. The lowest BCUT2D eigenvalue weighted by Crippen LogP contribution is -2.36. The summed E-state index contributed by atoms with van der Waals surface area (Å²) in [5.74, 6) is 1.19. The number of benzene rings is 1. The van der Waals surface area contributed by atoms with E-state index < -0.39 is 0 Å². The van der Waals surface area contributed by atoms with Crippen LogP contribution in [0.2, 0.25) is 0 Å². The Balaban J connectivity index is 1.66. The first-order valence-electron chi connectivity index (χ1n) is 9.14. The maximum Gasteiger partial charge on any atom is 0.273 e. The normalized spacial score (nSPS) is 14.3. The molecule has 0 atom stereocenters. The molecule has 1 N–H and O–H groups in total. The minimum Gasteiger partial charge on any atom is -0.494 e. The van der Waals surface area contributed by atoms with Crippen molar-refractivity contribution in [3.8, 4) is 17.1 Å². The van der Waals surface area contributed by atoms with Crippen molar-refractivity contribution in [2.45, 2.75) is 39.0 Å². The van der Waals surface area contributed by atoms with Gasteiger partial charge in [0.15, 0.2) is 5.82 Å². The second-order valence-electron chi connectivity index (χ2n) is 6.35. The smallest absolute Gasteiger partial charge is 0.273 e. The van der Waals surface area contributed by atoms with E-state index in [9.17, 15) is 9.59 Å². The SMILES string of the molecule is CCOc1cccc(-c2nnc(CCC(=O)N3CCCCC3)c(=O)[nH]2)c1. The number of nitrogens with one attached hydrogen (secondary N) is 1. The molecule has 7 heteroatoms. The average molecular weight is 356 g/mol. The van der Waals surface area contributed by atoms with Gasteiger partial charge in [-0.1, -0.05) is 12.1 Å². The number of H-pyrrole nitrogens is 1. The molecule has 26 heavy (non-hydrogen) atoms. The molecule has 1 aliphatic rings. The van der Waals surface area contributed by atoms with Crippen LogP contribution in [0, 0.1) is 0 Å². The van der Waals surface area contributed by atoms with Crippen LogP contribution < -0.4 is 10.3 Å². The Hall–Kier alpha value is -2.70. The minimum atomic E-state index is -0.303. The number of rotatable bonds is 6. The van der Waals surface area contributed by atoms with Gasteiger partial charge in [-0.25, -0.2) is 0 Å². The number of likely N-dealkylation sites (tertiary alicyclic amines) is 1. The van der Waals surface area contributed by atoms with Crippen LogP contribution in [0.25, 0.3) is 11.4 Å². The van der Waals surface area contributed by atoms with Crippen molar-refractivity contribution < 1.29 is 9.53 Å². The molecule has 1 fully saturated rings. The summed E-state index contributed by atoms with van der Waals surface area (Å²) in [6.45, 7) is 4.11. The number of aromatic nitrogens is 3. The van der Waals surface area contributed by atoms with Gasteiger partial charge in [-0.15, -0.1) is 10.2 Å². The van der Waals surface area contributed by atoms with Crippen LogP contribution in [-0.2, 0) is 11.2 Å². The second-order valence-corrected chi connectivity index (χ2v) is 6.35. The first-order chi connectivity index (χ1) is 12.7. The van der Waals surface area contributed by atoms with Crippen LogP contribution in [0.15, 0.2) is 29.1 Å². The summed E-state index contributed by atoms with van der Waals surface area (Å²) < 4.78 is 5.46. The van der Waals surface area contributed by atoms with E-state index in [1.807, 2.05) is 36.1 Å². The van der Waals surface area contributed by atoms with Crippen molar-refractivity contribution in [3.63, 3.8) is 0 Å². The van der Waals surface area contributed by atoms with E-state index in [0.29, 0.717) is 30.3 Å². The molecule has 1 amide bonds. The number of piperidine rings is 1. The molecule has 0 spiro atoms. The number of aryl methyl sites for hydroxylation is 1. The van der Waals surface area contributed by atoms with Gasteiger partial charge in [0.05, 0.1) is 6.61 Å². The molecule has 1 aliphatic heterocycles. The number of hydrogen-bond acceptors (Lipinski definition) is 5. The minimum absolute atomic E-state index is 0.0828. The van der Waals surface area contributed by atoms with Gasteiger partial charge in [0, 0.05) is 31.5 Å². The Labute approximate surface area is 152 Å². The van der Waals surface area contributed by atoms with E-state index in [2.05, 4.69) is 15.2 Å². The molecule has 0 saturated carbocycles. The maximum absolute atomic E-state index is 12.3. The van der Waals surface area contributed by atoms with Crippen LogP contribution >= 0.6 is 0 Å². The molecule has 0 radical (unpaired) electrons. The average Bonchev–Trinajstić information content (AvgIpc) is 2.68. The summed E-state index contributed by atoms with van der Waals surface area (Å²) in [4.78, 5) is 29.1. The number of nitrogens with zero attached hydrogens (tertiary/aromatic N) is 3. The van der Waals surface area contributed by atoms with E-state index in [0.717, 1.165) is 31.5 Å². The Morgan fingerprint density at radius 3 is 2.77 bits per heavy atom. The summed E-state index contributed by atoms with van der Waals surface area (Å²) in [6.07, 6.45) is 3.89. The Kier molecular flexibility index (Phi) is 5.99. The number of carbonyl (C=O) groups is 1. The molecule has 3 rings (SSSR count). The number of ether oxygens (including phenoxy) is 1. The van der Waals surface area contributed by atoms with Gasteiger partial charge in [0.2, 0.25) is 5.91 Å². The van der Waals surface area contributed by atoms with E-state index >= 15 is 0 Å². The van der Waals surface area contributed by atoms with Crippen molar-refractivity contribution in [2.24, 2.45) is 0 Å². The quantitative estimate of drug-likeness (QED) is 0.857. The largest absolute Gasteiger partial charge is 0.494 e. The molecule has 2 aromatic rings. The van der Waals surface area contributed by atoms with Crippen LogP contribution in [0.3, 0.4) is 0 Å². The molecule has 0 unspecified atom stereocenters. The van der Waals surface area contributed by atoms with Crippen molar-refractivity contribution in [1.29, 1.82) is 0 Å². The van der Waals surface area contributed by atoms with Gasteiger partial charge in [-0.2, -0.15) is 0 Å². The summed E-state index contributed by atoms with van der Waals surface area (Å²) in [5, 5.41) is 8.16. The fourth-order valence-corrected chi connectivity index (χ4v) is 3.08. The highest BCUT2D eigenvalue weighted by atomic mass is 16.5. The van der Waals surface area contributed by atoms with Crippen LogP contribution in [0.5, 0.6) is 5.75 Å². The first-order valence-corrected chi connectivity index (χ1v) is 9.14. The highest BCUT2D eigenvalue weighted by Crippen LogP contribution is 2.20. The predicted molar refractivity (Wildman–Crippen MR) is 98.0 cm³/mol. The second kappa shape index (κ2) is 8.60. The Bertz CT molecular complexity index is 812. The highest BCUT2D eigenvalue weighted by molar-refractivity contribution is 5.76. The third kappa shape index (κ3) is 4.47. The Morgan fingerprint density at radius 1 is 1.23 bits per heavy atom. The lowest BCUT2D eigenvalue weighted by Gasteiger charge is -2.26. The molecule has 0 aliphatic carbocycles. The maximum atomic E-state index is 12.3. The highest BCUT2D eigenvalue weighted by Gasteiger charge is 2.17. The van der Waals surface area contributed by atoms with Crippen molar-refractivity contribution in [2.75, 3.05) is 19.7 Å². The zero-order valence-corrected chi connectivity index (χ0v) is 15.0. The lowest BCUT2D eigenvalue weighted by molar-refractivity contribution is -0.132. The fraction of sp³-hybridized carbons (Fsp3) is 0.474. The third-order valence-electron chi connectivity index (χ3n) is 4.47. The van der Waals surface area contributed by atoms with Crippen molar-refractivity contribution >= 4 is 5.91 Å². The number of aromatic amines is 1. The summed E-state index contributed by atoms with van der Waals surface area (Å²) >= 11 is 0. The monoisotopic (exact) mass is 356 g/mol. The molecular weight excluding hydrogens is 332 g/mol. The van der Waals surface area contributed by atoms with E-state index in [4.69, 9.17) is 4.74 Å². The predicted octanol–water partition coefficient (Wildman–Crippen LogP) is 2.18. The van der Waals surface area contributed by atoms with Gasteiger partial charge >= 0.3 is 0 Å². The molecule has 138 valence electrons. The van der Waals surface area contributed by atoms with Crippen molar-refractivity contribution in [3.05, 3.63) is 40.3 Å². The van der Waals surface area contributed by atoms with Gasteiger partial charge in [0.25, 0.3) is 5.56 Å². The fourth-order valence-electron chi connectivity index (χ4n) is 3.08. The molecule has 1 aromatic carbocycles. The molecule has 1 saturated heterocycles.